The van der Waals surface area contributed by atoms with E-state index in [4.69, 9.17) is 9.73 Å². The number of amides is 1. The summed E-state index contributed by atoms with van der Waals surface area (Å²) in [4.78, 5) is 20.5. The van der Waals surface area contributed by atoms with E-state index in [0.717, 1.165) is 50.9 Å². The van der Waals surface area contributed by atoms with Gasteiger partial charge in [-0.1, -0.05) is 36.4 Å². The van der Waals surface area contributed by atoms with Gasteiger partial charge >= 0.3 is 0 Å². The van der Waals surface area contributed by atoms with E-state index in [-0.39, 0.29) is 5.91 Å². The highest BCUT2D eigenvalue weighted by atomic mass is 32.2. The molecule has 1 N–H and O–H groups in total. The number of rotatable bonds is 4. The quantitative estimate of drug-likeness (QED) is 0.383. The van der Waals surface area contributed by atoms with Gasteiger partial charge in [0.1, 0.15) is 5.75 Å². The van der Waals surface area contributed by atoms with Crippen LogP contribution in [0, 0.1) is 0 Å². The van der Waals surface area contributed by atoms with Crippen molar-refractivity contribution in [3.8, 4) is 5.75 Å². The van der Waals surface area contributed by atoms with Crippen molar-refractivity contribution in [2.45, 2.75) is 55.0 Å². The molecule has 0 spiro atoms. The first kappa shape index (κ1) is 22.7. The highest BCUT2D eigenvalue weighted by Gasteiger charge is 2.27. The van der Waals surface area contributed by atoms with Crippen LogP contribution < -0.4 is 10.2 Å². The SMILES string of the molecule is COc1ccc(C2=Nc3cc(C(=O)NN4[C@H](C)CCC[C@@H]4C)ccc3Sc3ccccc32)cc1. The molecule has 2 atom stereocenters. The van der Waals surface area contributed by atoms with E-state index in [9.17, 15) is 4.79 Å². The summed E-state index contributed by atoms with van der Waals surface area (Å²) in [5.74, 6) is 0.720. The number of aliphatic imine (C=N–C) groups is 1. The van der Waals surface area contributed by atoms with Gasteiger partial charge in [0.15, 0.2) is 0 Å². The van der Waals surface area contributed by atoms with Crippen molar-refractivity contribution in [1.82, 2.24) is 10.4 Å². The van der Waals surface area contributed by atoms with Crippen LogP contribution in [0.15, 0.2) is 81.5 Å². The fraction of sp³-hybridized carbons (Fsp3) is 0.286. The Kier molecular flexibility index (Phi) is 6.44. The van der Waals surface area contributed by atoms with Crippen LogP contribution in [-0.2, 0) is 0 Å². The van der Waals surface area contributed by atoms with Crippen LogP contribution in [0.3, 0.4) is 0 Å². The molecule has 2 heterocycles. The molecular formula is C28H29N3O2S. The average Bonchev–Trinajstić information content (AvgIpc) is 3.02. The third-order valence-corrected chi connectivity index (χ3v) is 7.74. The lowest BCUT2D eigenvalue weighted by Gasteiger charge is -2.38. The number of nitrogens with zero attached hydrogens (tertiary/aromatic N) is 2. The first-order valence-electron chi connectivity index (χ1n) is 11.8. The summed E-state index contributed by atoms with van der Waals surface area (Å²) < 4.78 is 5.33. The van der Waals surface area contributed by atoms with Gasteiger partial charge in [-0.05, 0) is 75.2 Å². The van der Waals surface area contributed by atoms with Crippen LogP contribution in [0.4, 0.5) is 5.69 Å². The highest BCUT2D eigenvalue weighted by molar-refractivity contribution is 7.99. The lowest BCUT2D eigenvalue weighted by Crippen LogP contribution is -2.54. The number of ether oxygens (including phenoxy) is 1. The van der Waals surface area contributed by atoms with E-state index in [1.807, 2.05) is 54.6 Å². The lowest BCUT2D eigenvalue weighted by atomic mass is 10.00. The Morgan fingerprint density at radius 2 is 1.74 bits per heavy atom. The molecule has 1 saturated heterocycles. The number of piperidine rings is 1. The molecule has 1 fully saturated rings. The third kappa shape index (κ3) is 4.48. The van der Waals surface area contributed by atoms with Crippen molar-refractivity contribution in [3.05, 3.63) is 83.4 Å². The highest BCUT2D eigenvalue weighted by Crippen LogP contribution is 2.41. The summed E-state index contributed by atoms with van der Waals surface area (Å²) in [6, 6.07) is 22.7. The monoisotopic (exact) mass is 471 g/mol. The van der Waals surface area contributed by atoms with E-state index in [1.165, 1.54) is 6.42 Å². The number of benzene rings is 3. The van der Waals surface area contributed by atoms with Crippen LogP contribution >= 0.6 is 11.8 Å². The van der Waals surface area contributed by atoms with Gasteiger partial charge in [0.2, 0.25) is 0 Å². The van der Waals surface area contributed by atoms with E-state index in [0.29, 0.717) is 17.6 Å². The second kappa shape index (κ2) is 9.65. The maximum absolute atomic E-state index is 13.2. The van der Waals surface area contributed by atoms with Gasteiger partial charge in [0.25, 0.3) is 5.91 Å². The molecule has 0 saturated carbocycles. The lowest BCUT2D eigenvalue weighted by molar-refractivity contribution is 0.0370. The molecule has 6 heteroatoms. The zero-order valence-corrected chi connectivity index (χ0v) is 20.6. The predicted molar refractivity (Wildman–Crippen MR) is 137 cm³/mol. The van der Waals surface area contributed by atoms with Crippen molar-refractivity contribution in [1.29, 1.82) is 0 Å². The molecule has 0 unspecified atom stereocenters. The molecule has 5 rings (SSSR count). The molecule has 5 nitrogen and oxygen atoms in total. The number of carbonyl (C=O) groups excluding carboxylic acids is 1. The van der Waals surface area contributed by atoms with Crippen LogP contribution in [0.1, 0.15) is 54.6 Å². The zero-order chi connectivity index (χ0) is 23.7. The standard InChI is InChI=1S/C28H29N3O2S/c1-18-7-6-8-19(2)31(18)30-28(32)21-13-16-26-24(17-21)29-27(20-11-14-22(33-3)15-12-20)23-9-4-5-10-25(23)34-26/h4-5,9-19H,6-8H2,1-3H3,(H,30,32)/t18-,19+. The molecule has 0 radical (unpaired) electrons. The second-order valence-electron chi connectivity index (χ2n) is 8.95. The van der Waals surface area contributed by atoms with Crippen LogP contribution in [0.25, 0.3) is 0 Å². The van der Waals surface area contributed by atoms with Gasteiger partial charge < -0.3 is 4.74 Å². The number of hydrazine groups is 1. The number of methoxy groups -OCH3 is 1. The summed E-state index contributed by atoms with van der Waals surface area (Å²) in [7, 11) is 1.67. The number of hydrogen-bond donors (Lipinski definition) is 1. The average molecular weight is 472 g/mol. The number of hydrogen-bond acceptors (Lipinski definition) is 5. The Bertz CT molecular complexity index is 1230. The third-order valence-electron chi connectivity index (χ3n) is 6.60. The van der Waals surface area contributed by atoms with E-state index in [1.54, 1.807) is 18.9 Å². The van der Waals surface area contributed by atoms with Crippen LogP contribution in [0.5, 0.6) is 5.75 Å². The summed E-state index contributed by atoms with van der Waals surface area (Å²) in [5, 5.41) is 2.11. The number of carbonyl (C=O) groups is 1. The first-order chi connectivity index (χ1) is 16.5. The van der Waals surface area contributed by atoms with Crippen molar-refractivity contribution in [2.75, 3.05) is 7.11 Å². The van der Waals surface area contributed by atoms with Crippen molar-refractivity contribution in [3.63, 3.8) is 0 Å². The molecule has 34 heavy (non-hydrogen) atoms. The molecule has 2 aliphatic heterocycles. The summed E-state index contributed by atoms with van der Waals surface area (Å²) in [6.45, 7) is 4.35. The summed E-state index contributed by atoms with van der Waals surface area (Å²) in [5.41, 5.74) is 7.55. The Balaban J connectivity index is 1.52. The van der Waals surface area contributed by atoms with Crippen molar-refractivity contribution in [2.24, 2.45) is 4.99 Å². The topological polar surface area (TPSA) is 53.9 Å². The van der Waals surface area contributed by atoms with E-state index in [2.05, 4.69) is 36.4 Å². The Hall–Kier alpha value is -3.09. The minimum atomic E-state index is -0.0867. The predicted octanol–water partition coefficient (Wildman–Crippen LogP) is 6.24. The van der Waals surface area contributed by atoms with Gasteiger partial charge in [-0.3, -0.25) is 10.2 Å². The molecule has 0 aliphatic carbocycles. The molecule has 174 valence electrons. The van der Waals surface area contributed by atoms with Gasteiger partial charge in [-0.25, -0.2) is 10.0 Å². The van der Waals surface area contributed by atoms with Gasteiger partial charge in [0, 0.05) is 38.6 Å². The van der Waals surface area contributed by atoms with Crippen LogP contribution in [-0.4, -0.2) is 35.8 Å². The van der Waals surface area contributed by atoms with Crippen molar-refractivity contribution >= 4 is 29.1 Å². The molecular weight excluding hydrogens is 442 g/mol. The van der Waals surface area contributed by atoms with Crippen molar-refractivity contribution < 1.29 is 9.53 Å². The maximum atomic E-state index is 13.2. The Morgan fingerprint density at radius 3 is 2.47 bits per heavy atom. The minimum absolute atomic E-state index is 0.0867. The van der Waals surface area contributed by atoms with E-state index < -0.39 is 0 Å². The number of nitrogens with one attached hydrogen (secondary N) is 1. The Labute approximate surface area is 205 Å². The fourth-order valence-electron chi connectivity index (χ4n) is 4.68. The maximum Gasteiger partial charge on any atom is 0.265 e. The summed E-state index contributed by atoms with van der Waals surface area (Å²) in [6.07, 6.45) is 3.40. The normalized spacial score (nSPS) is 19.9. The smallest absolute Gasteiger partial charge is 0.265 e. The molecule has 0 aromatic heterocycles. The second-order valence-corrected chi connectivity index (χ2v) is 10.0. The molecule has 2 aliphatic rings. The first-order valence-corrected chi connectivity index (χ1v) is 12.6. The molecule has 3 aromatic rings. The molecule has 0 bridgehead atoms. The van der Waals surface area contributed by atoms with E-state index >= 15 is 0 Å². The Morgan fingerprint density at radius 1 is 1.00 bits per heavy atom. The minimum Gasteiger partial charge on any atom is -0.497 e. The number of fused-ring (bicyclic) bond motifs is 2. The molecule has 1 amide bonds. The fourth-order valence-corrected chi connectivity index (χ4v) is 5.68. The molecule has 3 aromatic carbocycles. The van der Waals surface area contributed by atoms with Crippen LogP contribution in [0.2, 0.25) is 0 Å². The summed E-state index contributed by atoms with van der Waals surface area (Å²) >= 11 is 1.68. The largest absolute Gasteiger partial charge is 0.497 e. The zero-order valence-electron chi connectivity index (χ0n) is 19.7. The van der Waals surface area contributed by atoms with Gasteiger partial charge in [-0.2, -0.15) is 0 Å². The van der Waals surface area contributed by atoms with Gasteiger partial charge in [-0.15, -0.1) is 0 Å². The van der Waals surface area contributed by atoms with Gasteiger partial charge in [0.05, 0.1) is 18.5 Å².